The minimum Gasteiger partial charge on any atom is -0.462 e. The smallest absolute Gasteiger partial charge is 0.302 e. The van der Waals surface area contributed by atoms with Crippen molar-refractivity contribution >= 4 is 11.8 Å². The van der Waals surface area contributed by atoms with E-state index in [0.29, 0.717) is 12.8 Å². The minimum atomic E-state index is -1.80. The molecule has 164 valence electrons. The van der Waals surface area contributed by atoms with Crippen molar-refractivity contribution in [2.45, 2.75) is 95.7 Å². The van der Waals surface area contributed by atoms with E-state index in [-0.39, 0.29) is 31.0 Å². The Kier molecular flexibility index (Phi) is 4.25. The fourth-order valence-electron chi connectivity index (χ4n) is 7.94. The van der Waals surface area contributed by atoms with Gasteiger partial charge in [0, 0.05) is 30.6 Å². The fourth-order valence-corrected chi connectivity index (χ4v) is 7.94. The molecule has 7 heteroatoms. The number of rotatable bonds is 1. The molecule has 4 fully saturated rings. The van der Waals surface area contributed by atoms with Gasteiger partial charge in [-0.15, -0.1) is 0 Å². The number of hydrogen-bond acceptors (Lipinski definition) is 7. The molecule has 0 aromatic carbocycles. The summed E-state index contributed by atoms with van der Waals surface area (Å²) in [6.45, 7) is 7.93. The molecule has 0 aromatic heterocycles. The highest BCUT2D eigenvalue weighted by molar-refractivity contribution is 5.89. The highest BCUT2D eigenvalue weighted by Crippen LogP contribution is 2.69. The zero-order valence-corrected chi connectivity index (χ0v) is 17.9. The van der Waals surface area contributed by atoms with Crippen molar-refractivity contribution in [1.29, 1.82) is 0 Å². The summed E-state index contributed by atoms with van der Waals surface area (Å²) >= 11 is 0. The maximum Gasteiger partial charge on any atom is 0.302 e. The summed E-state index contributed by atoms with van der Waals surface area (Å²) in [5.74, 6) is -2.21. The molecule has 1 unspecified atom stereocenters. The maximum atomic E-state index is 12.8. The first-order valence-corrected chi connectivity index (χ1v) is 10.7. The quantitative estimate of drug-likeness (QED) is 0.474. The number of Topliss-reactive ketones (excluding diaryl/α,β-unsaturated/α-hetero) is 1. The number of fused-ring (bicyclic) bond motifs is 2. The lowest BCUT2D eigenvalue weighted by Crippen LogP contribution is -2.60. The molecular weight excluding hydrogens is 376 g/mol. The summed E-state index contributed by atoms with van der Waals surface area (Å²) < 4.78 is 5.73. The van der Waals surface area contributed by atoms with Crippen LogP contribution in [0.4, 0.5) is 0 Å². The average Bonchev–Trinajstić information content (AvgIpc) is 2.80. The largest absolute Gasteiger partial charge is 0.462 e. The van der Waals surface area contributed by atoms with Crippen molar-refractivity contribution in [3.8, 4) is 0 Å². The van der Waals surface area contributed by atoms with Crippen molar-refractivity contribution in [2.24, 2.45) is 28.6 Å². The number of esters is 1. The summed E-state index contributed by atoms with van der Waals surface area (Å²) in [5, 5.41) is 46.1. The molecule has 7 nitrogen and oxygen atoms in total. The van der Waals surface area contributed by atoms with Gasteiger partial charge in [-0.2, -0.15) is 0 Å². The molecule has 0 saturated heterocycles. The van der Waals surface area contributed by atoms with E-state index in [9.17, 15) is 30.0 Å². The Bertz CT molecular complexity index is 756. The lowest BCUT2D eigenvalue weighted by molar-refractivity contribution is -0.198. The van der Waals surface area contributed by atoms with Crippen LogP contribution in [-0.2, 0) is 14.3 Å². The summed E-state index contributed by atoms with van der Waals surface area (Å²) in [6, 6.07) is 0. The average molecular weight is 411 g/mol. The van der Waals surface area contributed by atoms with Crippen molar-refractivity contribution in [2.75, 3.05) is 0 Å². The maximum absolute atomic E-state index is 12.8. The minimum absolute atomic E-state index is 0.0157. The molecule has 4 aliphatic carbocycles. The van der Waals surface area contributed by atoms with Crippen LogP contribution in [0.3, 0.4) is 0 Å². The Morgan fingerprint density at radius 3 is 2.28 bits per heavy atom. The highest BCUT2D eigenvalue weighted by atomic mass is 16.5. The topological polar surface area (TPSA) is 124 Å². The third kappa shape index (κ3) is 2.39. The first-order valence-electron chi connectivity index (χ1n) is 10.7. The van der Waals surface area contributed by atoms with E-state index in [1.165, 1.54) is 6.92 Å². The lowest BCUT2D eigenvalue weighted by Gasteiger charge is -2.51. The molecule has 29 heavy (non-hydrogen) atoms. The van der Waals surface area contributed by atoms with Crippen LogP contribution in [0.25, 0.3) is 0 Å². The second-order valence-corrected chi connectivity index (χ2v) is 11.1. The first-order chi connectivity index (χ1) is 13.1. The second kappa shape index (κ2) is 5.81. The van der Waals surface area contributed by atoms with Crippen LogP contribution in [-0.4, -0.2) is 61.2 Å². The molecule has 0 aromatic rings. The summed E-state index contributed by atoms with van der Waals surface area (Å²) in [7, 11) is 0. The Balaban J connectivity index is 1.91. The molecule has 1 spiro atoms. The van der Waals surface area contributed by atoms with Crippen LogP contribution in [0.1, 0.15) is 66.7 Å². The summed E-state index contributed by atoms with van der Waals surface area (Å²) in [5.41, 5.74) is -6.48. The molecule has 0 amide bonds. The first kappa shape index (κ1) is 21.2. The molecule has 2 bridgehead atoms. The Morgan fingerprint density at radius 2 is 1.69 bits per heavy atom. The molecule has 9 atom stereocenters. The van der Waals surface area contributed by atoms with E-state index in [1.807, 2.05) is 0 Å². The molecule has 4 N–H and O–H groups in total. The van der Waals surface area contributed by atoms with Crippen LogP contribution in [0.2, 0.25) is 0 Å². The van der Waals surface area contributed by atoms with Gasteiger partial charge >= 0.3 is 5.97 Å². The number of ether oxygens (including phenoxy) is 1. The molecule has 0 heterocycles. The van der Waals surface area contributed by atoms with Gasteiger partial charge in [0.25, 0.3) is 0 Å². The van der Waals surface area contributed by atoms with Gasteiger partial charge in [-0.25, -0.2) is 0 Å². The predicted octanol–water partition coefficient (Wildman–Crippen LogP) is 0.947. The number of hydrogen-bond donors (Lipinski definition) is 4. The van der Waals surface area contributed by atoms with Gasteiger partial charge in [0.2, 0.25) is 0 Å². The fraction of sp³-hybridized carbons (Fsp3) is 0.909. The van der Waals surface area contributed by atoms with Gasteiger partial charge in [0.05, 0.1) is 22.7 Å². The Hall–Kier alpha value is -1.02. The van der Waals surface area contributed by atoms with Gasteiger partial charge in [-0.1, -0.05) is 13.8 Å². The van der Waals surface area contributed by atoms with E-state index >= 15 is 0 Å². The zero-order chi connectivity index (χ0) is 21.8. The monoisotopic (exact) mass is 410 g/mol. The molecule has 0 radical (unpaired) electrons. The van der Waals surface area contributed by atoms with Gasteiger partial charge in [-0.3, -0.25) is 9.59 Å². The third-order valence-electron chi connectivity index (χ3n) is 9.28. The van der Waals surface area contributed by atoms with Gasteiger partial charge in [-0.05, 0) is 45.4 Å². The van der Waals surface area contributed by atoms with E-state index in [0.717, 1.165) is 0 Å². The number of aliphatic hydroxyl groups excluding tert-OH is 1. The van der Waals surface area contributed by atoms with Crippen molar-refractivity contribution in [3.63, 3.8) is 0 Å². The third-order valence-corrected chi connectivity index (χ3v) is 9.28. The number of aliphatic hydroxyl groups is 4. The predicted molar refractivity (Wildman–Crippen MR) is 103 cm³/mol. The molecule has 4 aliphatic rings. The molecule has 4 saturated carbocycles. The van der Waals surface area contributed by atoms with Crippen LogP contribution in [0.5, 0.6) is 0 Å². The van der Waals surface area contributed by atoms with Crippen LogP contribution < -0.4 is 0 Å². The SMILES string of the molecule is CC(=O)OC1[C@H]2CC[C@@H]3[C@]1(C[C@@H](O)[C@@]1(O)[C@@H](CC(=O)C1(C)C)[C@]3(C)O)C[C@@]2(C)O. The van der Waals surface area contributed by atoms with Crippen molar-refractivity contribution in [3.05, 3.63) is 0 Å². The number of ketones is 1. The van der Waals surface area contributed by atoms with E-state index in [1.54, 1.807) is 27.7 Å². The lowest BCUT2D eigenvalue weighted by atomic mass is 9.57. The van der Waals surface area contributed by atoms with E-state index in [2.05, 4.69) is 0 Å². The van der Waals surface area contributed by atoms with Crippen LogP contribution in [0.15, 0.2) is 0 Å². The van der Waals surface area contributed by atoms with Crippen LogP contribution in [0, 0.1) is 28.6 Å². The highest BCUT2D eigenvalue weighted by Gasteiger charge is 2.77. The van der Waals surface area contributed by atoms with Gasteiger partial charge in [0.15, 0.2) is 0 Å². The summed E-state index contributed by atoms with van der Waals surface area (Å²) in [6.07, 6.45) is -0.518. The molecule has 0 aliphatic heterocycles. The zero-order valence-electron chi connectivity index (χ0n) is 17.9. The van der Waals surface area contributed by atoms with E-state index < -0.39 is 57.6 Å². The second-order valence-electron chi connectivity index (χ2n) is 11.1. The van der Waals surface area contributed by atoms with Crippen LogP contribution >= 0.6 is 0 Å². The molecular formula is C22H34O7. The van der Waals surface area contributed by atoms with Crippen molar-refractivity contribution in [1.82, 2.24) is 0 Å². The standard InChI is InChI=1S/C22H34O7/c1-11(23)29-17-12-6-7-13-20(5,27)14-8-15(24)18(2,3)22(14,28)16(25)9-21(13,17)10-19(12,4)26/h12-14,16-17,25-28H,6-10H2,1-5H3/t12-,13+,14+,16-,17?,19-,20-,21+,22+/m1/s1. The number of carbonyl (C=O) groups is 2. The van der Waals surface area contributed by atoms with Gasteiger partial charge in [0.1, 0.15) is 17.5 Å². The number of carbonyl (C=O) groups excluding carboxylic acids is 2. The Labute approximate surface area is 171 Å². The summed E-state index contributed by atoms with van der Waals surface area (Å²) in [4.78, 5) is 24.7. The normalized spacial score (nSPS) is 55.8. The van der Waals surface area contributed by atoms with Crippen molar-refractivity contribution < 1.29 is 34.8 Å². The van der Waals surface area contributed by atoms with Gasteiger partial charge < -0.3 is 25.2 Å². The Morgan fingerprint density at radius 1 is 1.07 bits per heavy atom. The molecule has 4 rings (SSSR count). The van der Waals surface area contributed by atoms with E-state index in [4.69, 9.17) is 4.74 Å².